The van der Waals surface area contributed by atoms with E-state index in [2.05, 4.69) is 42.5 Å². The van der Waals surface area contributed by atoms with Gasteiger partial charge in [0.15, 0.2) is 0 Å². The highest BCUT2D eigenvalue weighted by Crippen LogP contribution is 2.32. The van der Waals surface area contributed by atoms with Gasteiger partial charge in [0.05, 0.1) is 27.8 Å². The lowest BCUT2D eigenvalue weighted by atomic mass is 9.90. The van der Waals surface area contributed by atoms with Crippen LogP contribution >= 0.6 is 11.3 Å². The minimum atomic E-state index is -0.0441. The number of hydrogen-bond donors (Lipinski definition) is 0. The largest absolute Gasteiger partial charge is 0.277 e. The third-order valence-electron chi connectivity index (χ3n) is 3.66. The molecule has 0 saturated heterocycles. The Morgan fingerprint density at radius 2 is 2.20 bits per heavy atom. The van der Waals surface area contributed by atoms with Gasteiger partial charge in [0.25, 0.3) is 0 Å². The first kappa shape index (κ1) is 11.9. The molecule has 4 heteroatoms. The van der Waals surface area contributed by atoms with Crippen LogP contribution in [0.15, 0.2) is 47.0 Å². The smallest absolute Gasteiger partial charge is 0.0845 e. The first-order valence-corrected chi connectivity index (χ1v) is 7.61. The zero-order valence-corrected chi connectivity index (χ0v) is 12.3. The molecule has 0 atom stereocenters. The molecule has 0 saturated carbocycles. The van der Waals surface area contributed by atoms with Gasteiger partial charge in [-0.2, -0.15) is 5.10 Å². The topological polar surface area (TPSA) is 29.7 Å². The van der Waals surface area contributed by atoms with Gasteiger partial charge in [-0.3, -0.25) is 4.99 Å². The Balaban J connectivity index is 1.93. The van der Waals surface area contributed by atoms with Crippen LogP contribution in [0.25, 0.3) is 5.52 Å². The van der Waals surface area contributed by atoms with Crippen LogP contribution in [-0.4, -0.2) is 20.9 Å². The average molecular weight is 281 g/mol. The second kappa shape index (κ2) is 4.03. The van der Waals surface area contributed by atoms with Crippen molar-refractivity contribution >= 4 is 22.6 Å². The summed E-state index contributed by atoms with van der Waals surface area (Å²) in [5.41, 5.74) is 4.65. The molecule has 0 N–H and O–H groups in total. The summed E-state index contributed by atoms with van der Waals surface area (Å²) >= 11 is 1.77. The van der Waals surface area contributed by atoms with Gasteiger partial charge in [-0.1, -0.05) is 0 Å². The molecule has 0 unspecified atom stereocenters. The Bertz CT molecular complexity index is 823. The molecule has 3 aromatic rings. The van der Waals surface area contributed by atoms with Crippen molar-refractivity contribution in [1.82, 2.24) is 9.61 Å². The molecule has 0 radical (unpaired) electrons. The molecule has 20 heavy (non-hydrogen) atoms. The summed E-state index contributed by atoms with van der Waals surface area (Å²) in [4.78, 5) is 6.26. The van der Waals surface area contributed by atoms with Crippen LogP contribution in [0, 0.1) is 0 Å². The van der Waals surface area contributed by atoms with Crippen molar-refractivity contribution < 1.29 is 0 Å². The maximum atomic E-state index is 4.97. The van der Waals surface area contributed by atoms with Gasteiger partial charge < -0.3 is 0 Å². The zero-order chi connectivity index (χ0) is 13.7. The van der Waals surface area contributed by atoms with Crippen LogP contribution in [0.1, 0.15) is 29.9 Å². The van der Waals surface area contributed by atoms with Gasteiger partial charge in [-0.15, -0.1) is 11.3 Å². The van der Waals surface area contributed by atoms with Crippen LogP contribution in [0.4, 0.5) is 0 Å². The number of hydrogen-bond acceptors (Lipinski definition) is 3. The number of nitrogens with zero attached hydrogens (tertiary/aromatic N) is 3. The Hall–Kier alpha value is -1.94. The lowest BCUT2D eigenvalue weighted by molar-refractivity contribution is 0.515. The van der Waals surface area contributed by atoms with Crippen molar-refractivity contribution in [2.24, 2.45) is 4.99 Å². The Morgan fingerprint density at radius 3 is 3.10 bits per heavy atom. The molecule has 0 amide bonds. The maximum Gasteiger partial charge on any atom is 0.0845 e. The second-order valence-electron chi connectivity index (χ2n) is 5.85. The fourth-order valence-corrected chi connectivity index (χ4v) is 3.73. The van der Waals surface area contributed by atoms with E-state index < -0.39 is 0 Å². The molecule has 0 spiro atoms. The molecule has 1 aliphatic rings. The third-order valence-corrected chi connectivity index (χ3v) is 4.62. The molecule has 4 heterocycles. The molecule has 0 bridgehead atoms. The summed E-state index contributed by atoms with van der Waals surface area (Å²) < 4.78 is 1.88. The monoisotopic (exact) mass is 281 g/mol. The normalized spacial score (nSPS) is 17.0. The van der Waals surface area contributed by atoms with Gasteiger partial charge in [0.1, 0.15) is 0 Å². The molecular formula is C16H15N3S. The fraction of sp³-hybridized carbons (Fsp3) is 0.250. The van der Waals surface area contributed by atoms with Crippen molar-refractivity contribution in [3.05, 3.63) is 58.0 Å². The molecule has 0 aromatic carbocycles. The summed E-state index contributed by atoms with van der Waals surface area (Å²) in [6.07, 6.45) is 4.88. The lowest BCUT2D eigenvalue weighted by Crippen LogP contribution is -2.28. The predicted octanol–water partition coefficient (Wildman–Crippen LogP) is 3.57. The molecule has 3 nitrogen and oxygen atoms in total. The minimum Gasteiger partial charge on any atom is -0.277 e. The number of aromatic nitrogens is 2. The molecule has 0 aliphatic carbocycles. The van der Waals surface area contributed by atoms with Crippen molar-refractivity contribution in [2.45, 2.75) is 25.8 Å². The van der Waals surface area contributed by atoms with E-state index in [4.69, 9.17) is 4.99 Å². The summed E-state index contributed by atoms with van der Waals surface area (Å²) in [5, 5.41) is 6.62. The number of rotatable bonds is 1. The first-order valence-electron chi connectivity index (χ1n) is 6.73. The van der Waals surface area contributed by atoms with E-state index in [1.54, 1.807) is 11.3 Å². The predicted molar refractivity (Wildman–Crippen MR) is 82.9 cm³/mol. The summed E-state index contributed by atoms with van der Waals surface area (Å²) in [6, 6.07) is 8.46. The van der Waals surface area contributed by atoms with Gasteiger partial charge in [-0.05, 0) is 55.5 Å². The van der Waals surface area contributed by atoms with E-state index in [1.165, 1.54) is 10.4 Å². The highest BCUT2D eigenvalue weighted by atomic mass is 32.1. The van der Waals surface area contributed by atoms with Crippen LogP contribution in [0.3, 0.4) is 0 Å². The first-order chi connectivity index (χ1) is 9.62. The Morgan fingerprint density at radius 1 is 1.30 bits per heavy atom. The van der Waals surface area contributed by atoms with Gasteiger partial charge in [-0.25, -0.2) is 4.52 Å². The molecule has 3 aromatic heterocycles. The maximum absolute atomic E-state index is 4.97. The van der Waals surface area contributed by atoms with Gasteiger partial charge in [0, 0.05) is 11.8 Å². The number of fused-ring (bicyclic) bond motifs is 2. The molecular weight excluding hydrogens is 266 g/mol. The highest BCUT2D eigenvalue weighted by molar-refractivity contribution is 7.12. The van der Waals surface area contributed by atoms with Crippen LogP contribution in [0.2, 0.25) is 0 Å². The van der Waals surface area contributed by atoms with Crippen LogP contribution in [0.5, 0.6) is 0 Å². The number of aliphatic imine (C=N–C) groups is 1. The lowest BCUT2D eigenvalue weighted by Gasteiger charge is -2.27. The van der Waals surface area contributed by atoms with E-state index >= 15 is 0 Å². The van der Waals surface area contributed by atoms with E-state index in [-0.39, 0.29) is 5.54 Å². The van der Waals surface area contributed by atoms with Gasteiger partial charge >= 0.3 is 0 Å². The van der Waals surface area contributed by atoms with Crippen molar-refractivity contribution in [3.63, 3.8) is 0 Å². The SMILES string of the molecule is CC1(C)Cc2ccsc2C(c2cnn3cccc3c2)=N1. The van der Waals surface area contributed by atoms with Crippen molar-refractivity contribution in [3.8, 4) is 0 Å². The van der Waals surface area contributed by atoms with E-state index in [9.17, 15) is 0 Å². The van der Waals surface area contributed by atoms with E-state index in [0.29, 0.717) is 0 Å². The Kier molecular flexibility index (Phi) is 2.39. The van der Waals surface area contributed by atoms with Crippen molar-refractivity contribution in [1.29, 1.82) is 0 Å². The summed E-state index contributed by atoms with van der Waals surface area (Å²) in [7, 11) is 0. The quantitative estimate of drug-likeness (QED) is 0.670. The molecule has 1 aliphatic heterocycles. The Labute approximate surface area is 121 Å². The van der Waals surface area contributed by atoms with Crippen LogP contribution < -0.4 is 0 Å². The van der Waals surface area contributed by atoms with Crippen LogP contribution in [-0.2, 0) is 6.42 Å². The standard InChI is InChI=1S/C16H15N3S/c1-16(2)9-11-5-7-20-15(11)14(18-16)12-8-13-4-3-6-19(13)17-10-12/h3-8,10H,9H2,1-2H3. The number of thiophene rings is 1. The zero-order valence-electron chi connectivity index (χ0n) is 11.5. The fourth-order valence-electron chi connectivity index (χ4n) is 2.79. The van der Waals surface area contributed by atoms with Crippen molar-refractivity contribution in [2.75, 3.05) is 0 Å². The molecule has 4 rings (SSSR count). The summed E-state index contributed by atoms with van der Waals surface area (Å²) in [5.74, 6) is 0. The third kappa shape index (κ3) is 1.79. The van der Waals surface area contributed by atoms with E-state index in [0.717, 1.165) is 23.2 Å². The van der Waals surface area contributed by atoms with E-state index in [1.807, 2.05) is 23.0 Å². The summed E-state index contributed by atoms with van der Waals surface area (Å²) in [6.45, 7) is 4.38. The molecule has 0 fully saturated rings. The second-order valence-corrected chi connectivity index (χ2v) is 6.76. The minimum absolute atomic E-state index is 0.0441. The van der Waals surface area contributed by atoms with Gasteiger partial charge in [0.2, 0.25) is 0 Å². The average Bonchev–Trinajstić information content (AvgIpc) is 3.03. The highest BCUT2D eigenvalue weighted by Gasteiger charge is 2.28. The molecule has 100 valence electrons.